The average molecular weight is 300 g/mol. The first-order valence-electron chi connectivity index (χ1n) is 8.62. The fraction of sp³-hybridized carbons (Fsp3) is 0.667. The van der Waals surface area contributed by atoms with Crippen LogP contribution in [0.5, 0.6) is 0 Å². The molecule has 0 aromatic carbocycles. The van der Waals surface area contributed by atoms with E-state index >= 15 is 0 Å². The molecule has 1 fully saturated rings. The molecule has 4 heteroatoms. The van der Waals surface area contributed by atoms with E-state index in [0.29, 0.717) is 12.1 Å². The highest BCUT2D eigenvalue weighted by Crippen LogP contribution is 2.26. The van der Waals surface area contributed by atoms with Crippen LogP contribution in [0.2, 0.25) is 0 Å². The number of imidazole rings is 1. The first-order valence-corrected chi connectivity index (χ1v) is 8.62. The molecule has 0 amide bonds. The SMILES string of the molecule is CC(C)N1CCC(Cc2nc3cccnc3n2C(C)C)CC1. The number of nitrogens with zero attached hydrogens (tertiary/aromatic N) is 4. The quantitative estimate of drug-likeness (QED) is 0.864. The average Bonchev–Trinajstić information content (AvgIpc) is 2.85. The predicted octanol–water partition coefficient (Wildman–Crippen LogP) is 3.68. The van der Waals surface area contributed by atoms with Crippen molar-refractivity contribution >= 4 is 11.2 Å². The first-order chi connectivity index (χ1) is 10.6. The topological polar surface area (TPSA) is 34.0 Å². The van der Waals surface area contributed by atoms with E-state index < -0.39 is 0 Å². The molecule has 0 unspecified atom stereocenters. The summed E-state index contributed by atoms with van der Waals surface area (Å²) in [4.78, 5) is 12.0. The Hall–Kier alpha value is -1.42. The Labute approximate surface area is 133 Å². The van der Waals surface area contributed by atoms with Gasteiger partial charge in [0.05, 0.1) is 0 Å². The van der Waals surface area contributed by atoms with Gasteiger partial charge in [-0.3, -0.25) is 0 Å². The van der Waals surface area contributed by atoms with Crippen molar-refractivity contribution in [1.29, 1.82) is 0 Å². The van der Waals surface area contributed by atoms with Crippen molar-refractivity contribution in [2.45, 2.75) is 59.0 Å². The summed E-state index contributed by atoms with van der Waals surface area (Å²) in [6.45, 7) is 11.5. The molecular formula is C18H28N4. The van der Waals surface area contributed by atoms with Crippen LogP contribution in [-0.2, 0) is 6.42 Å². The fourth-order valence-electron chi connectivity index (χ4n) is 3.59. The Bertz CT molecular complexity index is 621. The zero-order valence-corrected chi connectivity index (χ0v) is 14.3. The van der Waals surface area contributed by atoms with E-state index in [1.165, 1.54) is 31.8 Å². The molecule has 0 radical (unpaired) electrons. The van der Waals surface area contributed by atoms with Crippen LogP contribution in [0.3, 0.4) is 0 Å². The normalized spacial score (nSPS) is 17.9. The third-order valence-electron chi connectivity index (χ3n) is 4.89. The van der Waals surface area contributed by atoms with E-state index in [-0.39, 0.29) is 0 Å². The van der Waals surface area contributed by atoms with Gasteiger partial charge in [0.15, 0.2) is 5.65 Å². The van der Waals surface area contributed by atoms with Crippen LogP contribution < -0.4 is 0 Å². The number of hydrogen-bond donors (Lipinski definition) is 0. The van der Waals surface area contributed by atoms with Crippen LogP contribution in [0.4, 0.5) is 0 Å². The molecule has 1 aliphatic heterocycles. The molecule has 2 aromatic heterocycles. The summed E-state index contributed by atoms with van der Waals surface area (Å²) in [6.07, 6.45) is 5.52. The van der Waals surface area contributed by atoms with Gasteiger partial charge in [-0.05, 0) is 71.7 Å². The number of piperidine rings is 1. The lowest BCUT2D eigenvalue weighted by Crippen LogP contribution is -2.39. The Morgan fingerprint density at radius 3 is 2.50 bits per heavy atom. The zero-order chi connectivity index (χ0) is 15.7. The minimum atomic E-state index is 0.408. The number of aromatic nitrogens is 3. The maximum atomic E-state index is 4.87. The largest absolute Gasteiger partial charge is 0.310 e. The number of likely N-dealkylation sites (tertiary alicyclic amines) is 1. The van der Waals surface area contributed by atoms with Gasteiger partial charge in [0.25, 0.3) is 0 Å². The van der Waals surface area contributed by atoms with Gasteiger partial charge in [-0.2, -0.15) is 0 Å². The van der Waals surface area contributed by atoms with Crippen LogP contribution in [0.15, 0.2) is 18.3 Å². The van der Waals surface area contributed by atoms with Gasteiger partial charge in [-0.25, -0.2) is 9.97 Å². The third-order valence-corrected chi connectivity index (χ3v) is 4.89. The van der Waals surface area contributed by atoms with Crippen molar-refractivity contribution < 1.29 is 0 Å². The van der Waals surface area contributed by atoms with Gasteiger partial charge < -0.3 is 9.47 Å². The zero-order valence-electron chi connectivity index (χ0n) is 14.3. The molecule has 3 rings (SSSR count). The van der Waals surface area contributed by atoms with Crippen LogP contribution in [0.25, 0.3) is 11.2 Å². The minimum absolute atomic E-state index is 0.408. The Morgan fingerprint density at radius 2 is 1.86 bits per heavy atom. The number of rotatable bonds is 4. The summed E-state index contributed by atoms with van der Waals surface area (Å²) < 4.78 is 2.32. The fourth-order valence-corrected chi connectivity index (χ4v) is 3.59. The second kappa shape index (κ2) is 6.37. The van der Waals surface area contributed by atoms with Crippen molar-refractivity contribution in [1.82, 2.24) is 19.4 Å². The molecule has 3 heterocycles. The molecule has 0 atom stereocenters. The lowest BCUT2D eigenvalue weighted by atomic mass is 9.92. The Morgan fingerprint density at radius 1 is 1.14 bits per heavy atom. The molecule has 0 bridgehead atoms. The van der Waals surface area contributed by atoms with Crippen LogP contribution in [-0.4, -0.2) is 38.6 Å². The molecule has 4 nitrogen and oxygen atoms in total. The van der Waals surface area contributed by atoms with E-state index in [2.05, 4.69) is 48.2 Å². The highest BCUT2D eigenvalue weighted by atomic mass is 15.2. The predicted molar refractivity (Wildman–Crippen MR) is 91.1 cm³/mol. The summed E-state index contributed by atoms with van der Waals surface area (Å²) >= 11 is 0. The van der Waals surface area contributed by atoms with Gasteiger partial charge in [-0.15, -0.1) is 0 Å². The van der Waals surface area contributed by atoms with Crippen molar-refractivity contribution in [3.63, 3.8) is 0 Å². The summed E-state index contributed by atoms with van der Waals surface area (Å²) in [7, 11) is 0. The maximum absolute atomic E-state index is 4.87. The van der Waals surface area contributed by atoms with Crippen molar-refractivity contribution in [2.24, 2.45) is 5.92 Å². The maximum Gasteiger partial charge on any atom is 0.160 e. The van der Waals surface area contributed by atoms with E-state index in [1.54, 1.807) is 0 Å². The Kier molecular flexibility index (Phi) is 4.48. The second-order valence-corrected chi connectivity index (χ2v) is 7.12. The number of hydrogen-bond acceptors (Lipinski definition) is 3. The van der Waals surface area contributed by atoms with Crippen LogP contribution >= 0.6 is 0 Å². The summed E-state index contributed by atoms with van der Waals surface area (Å²) in [5, 5.41) is 0. The summed E-state index contributed by atoms with van der Waals surface area (Å²) in [5.41, 5.74) is 2.07. The molecule has 22 heavy (non-hydrogen) atoms. The smallest absolute Gasteiger partial charge is 0.160 e. The Balaban J connectivity index is 1.78. The molecule has 0 saturated carbocycles. The molecular weight excluding hydrogens is 272 g/mol. The molecule has 1 aliphatic rings. The standard InChI is InChI=1S/C18H28N4/c1-13(2)21-10-7-15(8-11-21)12-17-20-16-6-5-9-19-18(16)22(17)14(3)4/h5-6,9,13-15H,7-8,10-12H2,1-4H3. The van der Waals surface area contributed by atoms with E-state index in [1.807, 2.05) is 12.3 Å². The molecule has 1 saturated heterocycles. The lowest BCUT2D eigenvalue weighted by Gasteiger charge is -2.34. The van der Waals surface area contributed by atoms with E-state index in [4.69, 9.17) is 4.98 Å². The molecule has 0 spiro atoms. The summed E-state index contributed by atoms with van der Waals surface area (Å²) in [5.74, 6) is 1.97. The second-order valence-electron chi connectivity index (χ2n) is 7.12. The minimum Gasteiger partial charge on any atom is -0.310 e. The highest BCUT2D eigenvalue weighted by Gasteiger charge is 2.23. The van der Waals surface area contributed by atoms with Gasteiger partial charge in [0.1, 0.15) is 11.3 Å². The van der Waals surface area contributed by atoms with Crippen molar-refractivity contribution in [3.05, 3.63) is 24.2 Å². The van der Waals surface area contributed by atoms with E-state index in [0.717, 1.165) is 23.5 Å². The first kappa shape index (κ1) is 15.5. The summed E-state index contributed by atoms with van der Waals surface area (Å²) in [6, 6.07) is 5.13. The monoisotopic (exact) mass is 300 g/mol. The lowest BCUT2D eigenvalue weighted by molar-refractivity contribution is 0.148. The van der Waals surface area contributed by atoms with Gasteiger partial charge in [0, 0.05) is 24.7 Å². The molecule has 2 aromatic rings. The third kappa shape index (κ3) is 3.02. The molecule has 0 N–H and O–H groups in total. The van der Waals surface area contributed by atoms with E-state index in [9.17, 15) is 0 Å². The molecule has 0 aliphatic carbocycles. The van der Waals surface area contributed by atoms with Gasteiger partial charge in [-0.1, -0.05) is 0 Å². The van der Waals surface area contributed by atoms with Crippen molar-refractivity contribution in [3.8, 4) is 0 Å². The van der Waals surface area contributed by atoms with Crippen molar-refractivity contribution in [2.75, 3.05) is 13.1 Å². The number of pyridine rings is 1. The number of fused-ring (bicyclic) bond motifs is 1. The molecule has 120 valence electrons. The van der Waals surface area contributed by atoms with Crippen LogP contribution in [0.1, 0.15) is 52.4 Å². The van der Waals surface area contributed by atoms with Gasteiger partial charge in [0.2, 0.25) is 0 Å². The highest BCUT2D eigenvalue weighted by molar-refractivity contribution is 5.71. The van der Waals surface area contributed by atoms with Gasteiger partial charge >= 0.3 is 0 Å². The van der Waals surface area contributed by atoms with Crippen LogP contribution in [0, 0.1) is 5.92 Å².